The molecule has 4 fully saturated rings. The summed E-state index contributed by atoms with van der Waals surface area (Å²) in [6.07, 6.45) is 7.32. The average molecular weight is 522 g/mol. The second kappa shape index (κ2) is 9.04. The van der Waals surface area contributed by atoms with Crippen molar-refractivity contribution < 1.29 is 28.9 Å². The van der Waals surface area contributed by atoms with Gasteiger partial charge in [-0.25, -0.2) is 0 Å². The summed E-state index contributed by atoms with van der Waals surface area (Å²) in [5.41, 5.74) is 0.0457. The number of ketones is 2. The lowest BCUT2D eigenvalue weighted by Gasteiger charge is -2.59. The van der Waals surface area contributed by atoms with Crippen molar-refractivity contribution in [2.75, 3.05) is 18.7 Å². The van der Waals surface area contributed by atoms with E-state index in [2.05, 4.69) is 33.0 Å². The van der Waals surface area contributed by atoms with E-state index in [-0.39, 0.29) is 54.2 Å². The van der Waals surface area contributed by atoms with Crippen molar-refractivity contribution in [3.05, 3.63) is 48.1 Å². The van der Waals surface area contributed by atoms with Crippen molar-refractivity contribution in [2.24, 2.45) is 28.6 Å². The molecule has 38 heavy (non-hydrogen) atoms. The first-order valence-corrected chi connectivity index (χ1v) is 14.0. The first kappa shape index (κ1) is 25.8. The maximum Gasteiger partial charge on any atom is 0.205 e. The molecule has 0 aromatic heterocycles. The fourth-order valence-electron chi connectivity index (χ4n) is 8.77. The van der Waals surface area contributed by atoms with Gasteiger partial charge in [0.25, 0.3) is 0 Å². The molecule has 7 nitrogen and oxygen atoms in total. The van der Waals surface area contributed by atoms with Crippen molar-refractivity contribution >= 4 is 17.3 Å². The van der Waals surface area contributed by atoms with Gasteiger partial charge >= 0.3 is 0 Å². The minimum absolute atomic E-state index is 0.00915. The summed E-state index contributed by atoms with van der Waals surface area (Å²) in [5.74, 6) is 0.889. The molecule has 8 unspecified atom stereocenters. The number of fused-ring (bicyclic) bond motifs is 7. The Bertz CT molecular complexity index is 1190. The van der Waals surface area contributed by atoms with Crippen LogP contribution in [0.25, 0.3) is 0 Å². The van der Waals surface area contributed by atoms with Crippen molar-refractivity contribution in [2.45, 2.75) is 77.2 Å². The molecule has 1 aromatic carbocycles. The number of benzene rings is 1. The van der Waals surface area contributed by atoms with Gasteiger partial charge in [0.05, 0.1) is 12.2 Å². The summed E-state index contributed by atoms with van der Waals surface area (Å²) in [7, 11) is 0. The van der Waals surface area contributed by atoms with Gasteiger partial charge in [0.1, 0.15) is 19.1 Å². The van der Waals surface area contributed by atoms with E-state index in [4.69, 9.17) is 14.2 Å². The Morgan fingerprint density at radius 1 is 1.24 bits per heavy atom. The van der Waals surface area contributed by atoms with Crippen LogP contribution >= 0.6 is 0 Å². The maximum atomic E-state index is 14.0. The van der Waals surface area contributed by atoms with Crippen molar-refractivity contribution in [1.29, 1.82) is 0 Å². The highest BCUT2D eigenvalue weighted by molar-refractivity contribution is 6.01. The molecular weight excluding hydrogens is 482 g/mol. The number of anilines is 1. The molecule has 204 valence electrons. The molecule has 1 aromatic rings. The summed E-state index contributed by atoms with van der Waals surface area (Å²) in [6, 6.07) is 7.94. The van der Waals surface area contributed by atoms with Crippen LogP contribution in [0.5, 0.6) is 5.75 Å². The lowest BCUT2D eigenvalue weighted by molar-refractivity contribution is -0.185. The van der Waals surface area contributed by atoms with Crippen molar-refractivity contribution in [1.82, 2.24) is 0 Å². The van der Waals surface area contributed by atoms with E-state index < -0.39 is 17.1 Å². The Kier molecular flexibility index (Phi) is 6.13. The Balaban J connectivity index is 1.25. The number of hydrogen-bond donors (Lipinski definition) is 2. The fraction of sp³-hybridized carbons (Fsp3) is 0.613. The highest BCUT2D eigenvalue weighted by Crippen LogP contribution is 2.69. The molecule has 1 aliphatic heterocycles. The minimum Gasteiger partial charge on any atom is -0.486 e. The second-order valence-corrected chi connectivity index (χ2v) is 12.6. The number of carbonyl (C=O) groups excluding carboxylic acids is 2. The zero-order chi connectivity index (χ0) is 26.9. The van der Waals surface area contributed by atoms with Crippen LogP contribution in [-0.2, 0) is 19.1 Å². The average Bonchev–Trinajstić information content (AvgIpc) is 3.40. The third kappa shape index (κ3) is 3.65. The Hall–Kier alpha value is -2.48. The van der Waals surface area contributed by atoms with Crippen LogP contribution in [0.3, 0.4) is 0 Å². The molecule has 0 amide bonds. The topological polar surface area (TPSA) is 94.1 Å². The molecule has 0 spiro atoms. The van der Waals surface area contributed by atoms with Crippen LogP contribution in [0, 0.1) is 28.6 Å². The summed E-state index contributed by atoms with van der Waals surface area (Å²) in [5, 5.41) is 15.1. The number of ether oxygens (including phenoxy) is 3. The van der Waals surface area contributed by atoms with Crippen LogP contribution in [0.2, 0.25) is 0 Å². The number of carbonyl (C=O) groups is 2. The van der Waals surface area contributed by atoms with E-state index >= 15 is 0 Å². The predicted molar refractivity (Wildman–Crippen MR) is 143 cm³/mol. The third-order valence-electron chi connectivity index (χ3n) is 10.3. The van der Waals surface area contributed by atoms with Crippen molar-refractivity contribution in [3.8, 4) is 5.75 Å². The SMILES string of the molecule is CC(C)Nc1ccc(OCC(=O)C23OCOC2CC2C4CCC5=CC(=O)C=CC5(C)C4C(O)CC23C)cc1. The van der Waals surface area contributed by atoms with E-state index in [1.165, 1.54) is 0 Å². The molecule has 5 aliphatic rings. The summed E-state index contributed by atoms with van der Waals surface area (Å²) >= 11 is 0. The van der Waals surface area contributed by atoms with E-state index in [1.54, 1.807) is 12.2 Å². The molecule has 0 radical (unpaired) electrons. The van der Waals surface area contributed by atoms with Gasteiger partial charge < -0.3 is 24.6 Å². The van der Waals surface area contributed by atoms with Gasteiger partial charge in [-0.15, -0.1) is 0 Å². The zero-order valence-corrected chi connectivity index (χ0v) is 22.7. The Labute approximate surface area is 224 Å². The van der Waals surface area contributed by atoms with Gasteiger partial charge in [0.15, 0.2) is 11.4 Å². The highest BCUT2D eigenvalue weighted by Gasteiger charge is 2.74. The number of Topliss-reactive ketones (excluding diaryl/α,β-unsaturated/α-hetero) is 1. The first-order chi connectivity index (χ1) is 18.1. The molecule has 3 saturated carbocycles. The summed E-state index contributed by atoms with van der Waals surface area (Å²) in [4.78, 5) is 26.1. The molecule has 1 heterocycles. The van der Waals surface area contributed by atoms with Crippen LogP contribution in [0.15, 0.2) is 48.1 Å². The van der Waals surface area contributed by atoms with Crippen molar-refractivity contribution in [3.63, 3.8) is 0 Å². The van der Waals surface area contributed by atoms with Gasteiger partial charge in [-0.2, -0.15) is 0 Å². The molecular formula is C31H39NO6. The first-order valence-electron chi connectivity index (χ1n) is 14.0. The number of aliphatic hydroxyl groups is 1. The number of nitrogens with one attached hydrogen (secondary N) is 1. The third-order valence-corrected chi connectivity index (χ3v) is 10.3. The molecule has 2 N–H and O–H groups in total. The predicted octanol–water partition coefficient (Wildman–Crippen LogP) is 4.46. The van der Waals surface area contributed by atoms with Crippen LogP contribution in [0.1, 0.15) is 53.4 Å². The number of aliphatic hydroxyl groups excluding tert-OH is 1. The summed E-state index contributed by atoms with van der Waals surface area (Å²) in [6.45, 7) is 8.40. The Morgan fingerprint density at radius 2 is 2.00 bits per heavy atom. The highest BCUT2D eigenvalue weighted by atomic mass is 16.7. The smallest absolute Gasteiger partial charge is 0.205 e. The molecule has 1 saturated heterocycles. The quantitative estimate of drug-likeness (QED) is 0.571. The van der Waals surface area contributed by atoms with E-state index in [0.29, 0.717) is 18.2 Å². The number of allylic oxidation sites excluding steroid dienone is 4. The number of rotatable bonds is 6. The van der Waals surface area contributed by atoms with Crippen LogP contribution in [0.4, 0.5) is 5.69 Å². The van der Waals surface area contributed by atoms with Gasteiger partial charge in [-0.1, -0.05) is 25.5 Å². The lowest BCUT2D eigenvalue weighted by atomic mass is 9.46. The standard InChI is InChI=1S/C31H39NO6/c1-18(2)32-20-6-8-22(9-7-20)36-16-26(35)31-27(37-17-38-31)14-24-23-10-5-19-13-21(33)11-12-29(19,3)28(23)25(34)15-30(24,31)4/h6-9,11-13,18,23-25,27-28,32,34H,5,10,14-17H2,1-4H3. The molecule has 8 atom stereocenters. The number of hydrogen-bond acceptors (Lipinski definition) is 7. The molecule has 7 heteroatoms. The normalized spacial score (nSPS) is 41.2. The van der Waals surface area contributed by atoms with Crippen LogP contribution in [-0.4, -0.2) is 53.9 Å². The van der Waals surface area contributed by atoms with Gasteiger partial charge in [0, 0.05) is 28.5 Å². The zero-order valence-electron chi connectivity index (χ0n) is 22.7. The Morgan fingerprint density at radius 3 is 2.74 bits per heavy atom. The lowest BCUT2D eigenvalue weighted by Crippen LogP contribution is -2.63. The van der Waals surface area contributed by atoms with E-state index in [9.17, 15) is 14.7 Å². The summed E-state index contributed by atoms with van der Waals surface area (Å²) < 4.78 is 18.3. The van der Waals surface area contributed by atoms with E-state index in [1.807, 2.05) is 30.3 Å². The van der Waals surface area contributed by atoms with Crippen LogP contribution < -0.4 is 10.1 Å². The van der Waals surface area contributed by atoms with Gasteiger partial charge in [-0.3, -0.25) is 9.59 Å². The van der Waals surface area contributed by atoms with Gasteiger partial charge in [-0.05, 0) is 87.8 Å². The monoisotopic (exact) mass is 521 g/mol. The molecule has 0 bridgehead atoms. The fourth-order valence-corrected chi connectivity index (χ4v) is 8.77. The van der Waals surface area contributed by atoms with E-state index in [0.717, 1.165) is 30.5 Å². The molecule has 6 rings (SSSR count). The minimum atomic E-state index is -1.14. The maximum absolute atomic E-state index is 14.0. The second-order valence-electron chi connectivity index (χ2n) is 12.6. The molecule has 4 aliphatic carbocycles. The van der Waals surface area contributed by atoms with Gasteiger partial charge in [0.2, 0.25) is 5.78 Å². The largest absolute Gasteiger partial charge is 0.486 e.